The Morgan fingerprint density at radius 2 is 1.71 bits per heavy atom. The molecule has 0 aliphatic heterocycles. The molecule has 4 rings (SSSR count). The fourth-order valence-corrected chi connectivity index (χ4v) is 3.70. The molecule has 3 heteroatoms. The molecule has 1 N–H and O–H groups in total. The first kappa shape index (κ1) is 14.8. The van der Waals surface area contributed by atoms with Gasteiger partial charge in [-0.25, -0.2) is 0 Å². The number of aliphatic carboxylic acids is 1. The second-order valence-corrected chi connectivity index (χ2v) is 6.16. The molecule has 0 spiro atoms. The van der Waals surface area contributed by atoms with Crippen LogP contribution in [0.1, 0.15) is 18.4 Å². The molecule has 0 unspecified atom stereocenters. The first-order chi connectivity index (χ1) is 11.7. The van der Waals surface area contributed by atoms with Crippen molar-refractivity contribution in [1.82, 2.24) is 0 Å². The highest BCUT2D eigenvalue weighted by atomic mass is 16.5. The summed E-state index contributed by atoms with van der Waals surface area (Å²) < 4.78 is 5.60. The van der Waals surface area contributed by atoms with Crippen molar-refractivity contribution >= 4 is 38.3 Å². The lowest BCUT2D eigenvalue weighted by atomic mass is 9.90. The molecule has 4 aromatic rings. The molecule has 0 aliphatic carbocycles. The third-order valence-electron chi connectivity index (χ3n) is 4.76. The lowest BCUT2D eigenvalue weighted by Gasteiger charge is -2.17. The highest BCUT2D eigenvalue weighted by Gasteiger charge is 2.15. The molecular formula is C21H18O3. The normalized spacial score (nSPS) is 11.5. The van der Waals surface area contributed by atoms with Crippen LogP contribution < -0.4 is 4.74 Å². The van der Waals surface area contributed by atoms with E-state index in [9.17, 15) is 4.79 Å². The summed E-state index contributed by atoms with van der Waals surface area (Å²) in [4.78, 5) is 10.8. The van der Waals surface area contributed by atoms with Gasteiger partial charge in [0.05, 0.1) is 7.11 Å². The average molecular weight is 318 g/mol. The summed E-state index contributed by atoms with van der Waals surface area (Å²) in [7, 11) is 1.67. The highest BCUT2D eigenvalue weighted by Crippen LogP contribution is 2.40. The first-order valence-corrected chi connectivity index (χ1v) is 8.14. The largest absolute Gasteiger partial charge is 0.496 e. The lowest BCUT2D eigenvalue weighted by Crippen LogP contribution is -1.99. The van der Waals surface area contributed by atoms with Gasteiger partial charge < -0.3 is 9.84 Å². The minimum Gasteiger partial charge on any atom is -0.496 e. The number of benzene rings is 4. The summed E-state index contributed by atoms with van der Waals surface area (Å²) in [5.74, 6) is 0.0814. The molecule has 0 bridgehead atoms. The van der Waals surface area contributed by atoms with Crippen molar-refractivity contribution < 1.29 is 14.6 Å². The van der Waals surface area contributed by atoms with Gasteiger partial charge in [-0.05, 0) is 51.2 Å². The van der Waals surface area contributed by atoms with E-state index < -0.39 is 5.97 Å². The van der Waals surface area contributed by atoms with E-state index in [1.54, 1.807) is 7.11 Å². The van der Waals surface area contributed by atoms with Crippen molar-refractivity contribution in [3.63, 3.8) is 0 Å². The molecule has 0 heterocycles. The molecule has 4 aromatic carbocycles. The van der Waals surface area contributed by atoms with E-state index in [-0.39, 0.29) is 6.42 Å². The van der Waals surface area contributed by atoms with E-state index in [1.165, 1.54) is 26.9 Å². The van der Waals surface area contributed by atoms with Gasteiger partial charge >= 0.3 is 5.97 Å². The molecular weight excluding hydrogens is 300 g/mol. The third-order valence-corrected chi connectivity index (χ3v) is 4.76. The zero-order valence-corrected chi connectivity index (χ0v) is 13.5. The number of aryl methyl sites for hydroxylation is 1. The second-order valence-electron chi connectivity index (χ2n) is 6.16. The fraction of sp³-hybridized carbons (Fsp3) is 0.190. The average Bonchev–Trinajstić information content (AvgIpc) is 2.60. The summed E-state index contributed by atoms with van der Waals surface area (Å²) in [6, 6.07) is 17.0. The topological polar surface area (TPSA) is 46.5 Å². The van der Waals surface area contributed by atoms with E-state index in [0.29, 0.717) is 12.8 Å². The van der Waals surface area contributed by atoms with Crippen molar-refractivity contribution in [3.05, 3.63) is 54.1 Å². The zero-order chi connectivity index (χ0) is 16.7. The van der Waals surface area contributed by atoms with Gasteiger partial charge in [0.15, 0.2) is 0 Å². The van der Waals surface area contributed by atoms with Gasteiger partial charge in [0.2, 0.25) is 0 Å². The quantitative estimate of drug-likeness (QED) is 0.527. The standard InChI is InChI=1S/C21H18O3/c1-24-18-12-15-9-8-13-4-2-5-14-10-11-17(21(15)20(13)14)16(18)6-3-7-19(22)23/h2,4-5,8-12H,3,6-7H2,1H3,(H,22,23). The third kappa shape index (κ3) is 2.24. The molecule has 120 valence electrons. The Labute approximate surface area is 139 Å². The van der Waals surface area contributed by atoms with Crippen LogP contribution in [0.4, 0.5) is 0 Å². The molecule has 0 aliphatic rings. The van der Waals surface area contributed by atoms with Gasteiger partial charge in [-0.15, -0.1) is 0 Å². The number of ether oxygens (including phenoxy) is 1. The van der Waals surface area contributed by atoms with E-state index in [0.717, 1.165) is 16.7 Å². The smallest absolute Gasteiger partial charge is 0.303 e. The van der Waals surface area contributed by atoms with Gasteiger partial charge in [-0.1, -0.05) is 42.5 Å². The van der Waals surface area contributed by atoms with Crippen LogP contribution in [-0.4, -0.2) is 18.2 Å². The van der Waals surface area contributed by atoms with Gasteiger partial charge in [-0.3, -0.25) is 4.79 Å². The Bertz CT molecular complexity index is 1030. The molecule has 0 saturated heterocycles. The van der Waals surface area contributed by atoms with E-state index in [4.69, 9.17) is 9.84 Å². The number of hydrogen-bond acceptors (Lipinski definition) is 2. The van der Waals surface area contributed by atoms with Crippen LogP contribution in [0.2, 0.25) is 0 Å². The summed E-state index contributed by atoms with van der Waals surface area (Å²) >= 11 is 0. The minimum atomic E-state index is -0.758. The Morgan fingerprint density at radius 3 is 2.42 bits per heavy atom. The molecule has 24 heavy (non-hydrogen) atoms. The van der Waals surface area contributed by atoms with Crippen molar-refractivity contribution in [3.8, 4) is 5.75 Å². The Kier molecular flexibility index (Phi) is 3.49. The summed E-state index contributed by atoms with van der Waals surface area (Å²) in [5.41, 5.74) is 1.10. The summed E-state index contributed by atoms with van der Waals surface area (Å²) in [6.07, 6.45) is 1.48. The number of carboxylic acid groups (broad SMARTS) is 1. The van der Waals surface area contributed by atoms with Crippen molar-refractivity contribution in [2.75, 3.05) is 7.11 Å². The molecule has 0 aromatic heterocycles. The number of methoxy groups -OCH3 is 1. The summed E-state index contributed by atoms with van der Waals surface area (Å²) in [5, 5.41) is 16.2. The molecule has 0 amide bonds. The Morgan fingerprint density at radius 1 is 1.00 bits per heavy atom. The molecule has 0 fully saturated rings. The molecule has 0 radical (unpaired) electrons. The van der Waals surface area contributed by atoms with Crippen LogP contribution in [0.5, 0.6) is 5.75 Å². The number of hydrogen-bond donors (Lipinski definition) is 1. The van der Waals surface area contributed by atoms with Crippen LogP contribution >= 0.6 is 0 Å². The van der Waals surface area contributed by atoms with E-state index >= 15 is 0 Å². The Hall–Kier alpha value is -2.81. The predicted molar refractivity (Wildman–Crippen MR) is 97.3 cm³/mol. The van der Waals surface area contributed by atoms with Crippen LogP contribution in [0, 0.1) is 0 Å². The Balaban J connectivity index is 2.00. The second kappa shape index (κ2) is 5.68. The number of rotatable bonds is 5. The van der Waals surface area contributed by atoms with Gasteiger partial charge in [0.25, 0.3) is 0 Å². The van der Waals surface area contributed by atoms with Crippen LogP contribution in [0.15, 0.2) is 48.5 Å². The van der Waals surface area contributed by atoms with Crippen molar-refractivity contribution in [2.45, 2.75) is 19.3 Å². The monoisotopic (exact) mass is 318 g/mol. The number of carboxylic acids is 1. The maximum atomic E-state index is 10.8. The molecule has 0 atom stereocenters. The van der Waals surface area contributed by atoms with Crippen LogP contribution in [0.3, 0.4) is 0 Å². The summed E-state index contributed by atoms with van der Waals surface area (Å²) in [6.45, 7) is 0. The van der Waals surface area contributed by atoms with Crippen molar-refractivity contribution in [2.24, 2.45) is 0 Å². The van der Waals surface area contributed by atoms with Gasteiger partial charge in [0, 0.05) is 12.0 Å². The van der Waals surface area contributed by atoms with Crippen LogP contribution in [-0.2, 0) is 11.2 Å². The molecule has 0 saturated carbocycles. The highest BCUT2D eigenvalue weighted by molar-refractivity contribution is 6.24. The SMILES string of the molecule is COc1cc2ccc3cccc4ccc(c1CCCC(=O)O)c2c34. The molecule has 3 nitrogen and oxygen atoms in total. The number of carbonyl (C=O) groups is 1. The van der Waals surface area contributed by atoms with E-state index in [1.807, 2.05) is 0 Å². The van der Waals surface area contributed by atoms with Gasteiger partial charge in [-0.2, -0.15) is 0 Å². The minimum absolute atomic E-state index is 0.172. The first-order valence-electron chi connectivity index (χ1n) is 8.14. The predicted octanol–water partition coefficient (Wildman–Crippen LogP) is 5.00. The van der Waals surface area contributed by atoms with Crippen molar-refractivity contribution in [1.29, 1.82) is 0 Å². The zero-order valence-electron chi connectivity index (χ0n) is 13.5. The fourth-order valence-electron chi connectivity index (χ4n) is 3.70. The van der Waals surface area contributed by atoms with E-state index in [2.05, 4.69) is 48.5 Å². The van der Waals surface area contributed by atoms with Crippen LogP contribution in [0.25, 0.3) is 32.3 Å². The van der Waals surface area contributed by atoms with Gasteiger partial charge in [0.1, 0.15) is 5.75 Å². The maximum Gasteiger partial charge on any atom is 0.303 e. The lowest BCUT2D eigenvalue weighted by molar-refractivity contribution is -0.137. The maximum absolute atomic E-state index is 10.8.